The van der Waals surface area contributed by atoms with E-state index in [1.54, 1.807) is 13.2 Å². The van der Waals surface area contributed by atoms with E-state index in [0.29, 0.717) is 11.5 Å². The summed E-state index contributed by atoms with van der Waals surface area (Å²) in [6.07, 6.45) is 8.33. The highest BCUT2D eigenvalue weighted by molar-refractivity contribution is 5.77. The smallest absolute Gasteiger partial charge is 0.132 e. The van der Waals surface area contributed by atoms with Gasteiger partial charge in [0.25, 0.3) is 0 Å². The summed E-state index contributed by atoms with van der Waals surface area (Å²) in [5, 5.41) is 0. The minimum Gasteiger partial charge on any atom is -0.495 e. The third-order valence-electron chi connectivity index (χ3n) is 1.03. The van der Waals surface area contributed by atoms with Gasteiger partial charge in [-0.2, -0.15) is 0 Å². The summed E-state index contributed by atoms with van der Waals surface area (Å²) in [6, 6.07) is 0. The van der Waals surface area contributed by atoms with Crippen molar-refractivity contribution >= 4 is 6.21 Å². The second kappa shape index (κ2) is 5.31. The number of terminal acetylenes is 1. The fourth-order valence-electron chi connectivity index (χ4n) is 0.424. The molecule has 11 heavy (non-hydrogen) atoms. The van der Waals surface area contributed by atoms with Crippen molar-refractivity contribution in [2.24, 2.45) is 4.99 Å². The second-order valence-corrected chi connectivity index (χ2v) is 1.74. The molecule has 0 N–H and O–H groups in total. The van der Waals surface area contributed by atoms with Crippen molar-refractivity contribution < 1.29 is 4.74 Å². The summed E-state index contributed by atoms with van der Waals surface area (Å²) in [6.45, 7) is 5.35. The quantitative estimate of drug-likeness (QED) is 0.340. The van der Waals surface area contributed by atoms with Gasteiger partial charge in [-0.05, 0) is 13.0 Å². The first-order valence-corrected chi connectivity index (χ1v) is 3.14. The molecule has 0 amide bonds. The molecule has 0 aliphatic carbocycles. The maximum absolute atomic E-state index is 5.02. The number of ether oxygens (including phenoxy) is 1. The molecule has 0 aliphatic heterocycles. The Balaban J connectivity index is 4.14. The molecule has 58 valence electrons. The Morgan fingerprint density at radius 3 is 2.73 bits per heavy atom. The fourth-order valence-corrected chi connectivity index (χ4v) is 0.424. The molecule has 0 radical (unpaired) electrons. The lowest BCUT2D eigenvalue weighted by Gasteiger charge is -1.95. The Morgan fingerprint density at radius 2 is 2.36 bits per heavy atom. The van der Waals surface area contributed by atoms with Crippen molar-refractivity contribution in [3.63, 3.8) is 0 Å². The fraction of sp³-hybridized carbons (Fsp3) is 0.222. The van der Waals surface area contributed by atoms with Crippen LogP contribution in [0, 0.1) is 12.3 Å². The van der Waals surface area contributed by atoms with E-state index in [9.17, 15) is 0 Å². The normalized spacial score (nSPS) is 11.2. The molecule has 0 heterocycles. The molecule has 0 saturated carbocycles. The molecule has 0 aromatic carbocycles. The van der Waals surface area contributed by atoms with Gasteiger partial charge in [0.2, 0.25) is 0 Å². The number of aliphatic imine (C=N–C) groups is 1. The minimum atomic E-state index is 0.390. The van der Waals surface area contributed by atoms with E-state index in [0.717, 1.165) is 0 Å². The average Bonchev–Trinajstić information content (AvgIpc) is 2.06. The molecule has 0 aromatic rings. The van der Waals surface area contributed by atoms with Gasteiger partial charge >= 0.3 is 0 Å². The molecule has 0 aromatic heterocycles. The number of rotatable bonds is 3. The SMILES string of the molecule is C#CC(=C)/N=C\C(=C/C)OC. The standard InChI is InChI=1S/C9H11NO/c1-5-8(3)10-7-9(6-2)11-4/h1,6-7H,3H2,2,4H3/b9-6+,10-7-. The van der Waals surface area contributed by atoms with Crippen LogP contribution in [0.1, 0.15) is 6.92 Å². The third-order valence-corrected chi connectivity index (χ3v) is 1.03. The van der Waals surface area contributed by atoms with Gasteiger partial charge in [-0.1, -0.05) is 12.5 Å². The lowest BCUT2D eigenvalue weighted by Crippen LogP contribution is -1.86. The summed E-state index contributed by atoms with van der Waals surface area (Å²) in [5.41, 5.74) is 0.390. The number of hydrogen-bond acceptors (Lipinski definition) is 2. The van der Waals surface area contributed by atoms with Crippen molar-refractivity contribution in [1.29, 1.82) is 0 Å². The van der Waals surface area contributed by atoms with Gasteiger partial charge in [0.1, 0.15) is 11.5 Å². The molecule has 0 spiro atoms. The van der Waals surface area contributed by atoms with Crippen LogP contribution in [0.4, 0.5) is 0 Å². The van der Waals surface area contributed by atoms with Gasteiger partial charge in [0.05, 0.1) is 13.3 Å². The highest BCUT2D eigenvalue weighted by atomic mass is 16.5. The van der Waals surface area contributed by atoms with Crippen molar-refractivity contribution in [2.45, 2.75) is 6.92 Å². The summed E-state index contributed by atoms with van der Waals surface area (Å²) in [4.78, 5) is 3.84. The molecule has 0 atom stereocenters. The maximum atomic E-state index is 5.02. The first kappa shape index (κ1) is 9.51. The topological polar surface area (TPSA) is 21.6 Å². The van der Waals surface area contributed by atoms with Crippen LogP contribution in [0.15, 0.2) is 29.1 Å². The van der Waals surface area contributed by atoms with Crippen molar-refractivity contribution in [3.05, 3.63) is 24.1 Å². The van der Waals surface area contributed by atoms with Gasteiger partial charge in [-0.3, -0.25) is 0 Å². The summed E-state index contributed by atoms with van der Waals surface area (Å²) in [5.74, 6) is 2.96. The Hall–Kier alpha value is -1.49. The van der Waals surface area contributed by atoms with E-state index in [-0.39, 0.29) is 0 Å². The van der Waals surface area contributed by atoms with Crippen LogP contribution in [0.5, 0.6) is 0 Å². The zero-order valence-electron chi connectivity index (χ0n) is 6.79. The van der Waals surface area contributed by atoms with Gasteiger partial charge in [-0.15, -0.1) is 6.42 Å². The zero-order valence-corrected chi connectivity index (χ0v) is 6.79. The zero-order chi connectivity index (χ0) is 8.69. The predicted octanol–water partition coefficient (Wildman–Crippen LogP) is 1.75. The monoisotopic (exact) mass is 149 g/mol. The van der Waals surface area contributed by atoms with E-state index in [1.165, 1.54) is 6.21 Å². The Bertz CT molecular complexity index is 230. The van der Waals surface area contributed by atoms with E-state index in [1.807, 2.05) is 6.92 Å². The highest BCUT2D eigenvalue weighted by Gasteiger charge is 1.85. The molecule has 0 rings (SSSR count). The Kier molecular flexibility index (Phi) is 4.59. The third kappa shape index (κ3) is 3.99. The Morgan fingerprint density at radius 1 is 1.73 bits per heavy atom. The number of nitrogens with zero attached hydrogens (tertiary/aromatic N) is 1. The molecule has 0 fully saturated rings. The molecule has 0 saturated heterocycles. The first-order chi connectivity index (χ1) is 5.24. The van der Waals surface area contributed by atoms with Gasteiger partial charge in [-0.25, -0.2) is 4.99 Å². The second-order valence-electron chi connectivity index (χ2n) is 1.74. The molecular formula is C9H11NO. The van der Waals surface area contributed by atoms with E-state index in [4.69, 9.17) is 11.2 Å². The Labute approximate surface area is 67.3 Å². The van der Waals surface area contributed by atoms with Crippen molar-refractivity contribution in [1.82, 2.24) is 0 Å². The molecule has 0 bridgehead atoms. The molecule has 0 aliphatic rings. The van der Waals surface area contributed by atoms with Gasteiger partial charge < -0.3 is 4.74 Å². The van der Waals surface area contributed by atoms with Crippen LogP contribution in [0.2, 0.25) is 0 Å². The highest BCUT2D eigenvalue weighted by Crippen LogP contribution is 1.93. The molecular weight excluding hydrogens is 138 g/mol. The number of hydrogen-bond donors (Lipinski definition) is 0. The average molecular weight is 149 g/mol. The van der Waals surface area contributed by atoms with Gasteiger partial charge in [0.15, 0.2) is 0 Å². The summed E-state index contributed by atoms with van der Waals surface area (Å²) in [7, 11) is 1.57. The summed E-state index contributed by atoms with van der Waals surface area (Å²) >= 11 is 0. The van der Waals surface area contributed by atoms with Crippen molar-refractivity contribution in [3.8, 4) is 12.3 Å². The van der Waals surface area contributed by atoms with E-state index >= 15 is 0 Å². The molecule has 2 nitrogen and oxygen atoms in total. The minimum absolute atomic E-state index is 0.390. The van der Waals surface area contributed by atoms with Crippen LogP contribution in [-0.4, -0.2) is 13.3 Å². The molecule has 0 unspecified atom stereocenters. The maximum Gasteiger partial charge on any atom is 0.132 e. The van der Waals surface area contributed by atoms with E-state index < -0.39 is 0 Å². The van der Waals surface area contributed by atoms with Crippen LogP contribution in [0.25, 0.3) is 0 Å². The number of allylic oxidation sites excluding steroid dienone is 3. The van der Waals surface area contributed by atoms with Crippen LogP contribution in [0.3, 0.4) is 0 Å². The van der Waals surface area contributed by atoms with Crippen molar-refractivity contribution in [2.75, 3.05) is 7.11 Å². The van der Waals surface area contributed by atoms with Crippen LogP contribution < -0.4 is 0 Å². The lowest BCUT2D eigenvalue weighted by molar-refractivity contribution is 0.316. The van der Waals surface area contributed by atoms with Gasteiger partial charge in [0, 0.05) is 0 Å². The largest absolute Gasteiger partial charge is 0.495 e. The number of methoxy groups -OCH3 is 1. The van der Waals surface area contributed by atoms with E-state index in [2.05, 4.69) is 17.5 Å². The summed E-state index contributed by atoms with van der Waals surface area (Å²) < 4.78 is 4.90. The predicted molar refractivity (Wildman–Crippen MR) is 47.2 cm³/mol. The lowest BCUT2D eigenvalue weighted by atomic mass is 10.5. The first-order valence-electron chi connectivity index (χ1n) is 3.14. The van der Waals surface area contributed by atoms with Crippen LogP contribution >= 0.6 is 0 Å². The van der Waals surface area contributed by atoms with Crippen LogP contribution in [-0.2, 0) is 4.74 Å². The molecule has 2 heteroatoms.